The van der Waals surface area contributed by atoms with Gasteiger partial charge in [-0.05, 0) is 37.1 Å². The molecule has 0 unspecified atom stereocenters. The van der Waals surface area contributed by atoms with Crippen molar-refractivity contribution in [3.8, 4) is 11.5 Å². The van der Waals surface area contributed by atoms with Crippen molar-refractivity contribution in [1.82, 2.24) is 10.6 Å². The van der Waals surface area contributed by atoms with E-state index in [1.807, 2.05) is 24.5 Å². The number of hydrogen-bond acceptors (Lipinski definition) is 5. The maximum absolute atomic E-state index is 11.8. The summed E-state index contributed by atoms with van der Waals surface area (Å²) in [5.74, 6) is -0.422. The molecule has 0 spiro atoms. The summed E-state index contributed by atoms with van der Waals surface area (Å²) in [7, 11) is 0. The molecule has 0 bridgehead atoms. The van der Waals surface area contributed by atoms with Gasteiger partial charge in [-0.15, -0.1) is 0 Å². The number of halogens is 1. The molecule has 0 radical (unpaired) electrons. The highest BCUT2D eigenvalue weighted by Gasteiger charge is 2.28. The van der Waals surface area contributed by atoms with Crippen LogP contribution in [0.1, 0.15) is 25.8 Å². The molecule has 1 aliphatic heterocycles. The summed E-state index contributed by atoms with van der Waals surface area (Å²) >= 11 is 3.39. The highest BCUT2D eigenvalue weighted by atomic mass is 79.9. The van der Waals surface area contributed by atoms with Crippen molar-refractivity contribution >= 4 is 39.9 Å². The first-order valence-electron chi connectivity index (χ1n) is 7.43. The molecule has 0 aliphatic carbocycles. The fraction of sp³-hybridized carbons (Fsp3) is 0.312. The lowest BCUT2D eigenvalue weighted by atomic mass is 10.1. The predicted octanol–water partition coefficient (Wildman–Crippen LogP) is 2.39. The SMILES string of the molecule is CCCOc1cc(Br)c(C=C2C(=O)NC(=O)NC2=O)cc1OCC. The topological polar surface area (TPSA) is 93.7 Å². The van der Waals surface area contributed by atoms with Crippen LogP contribution in [0.5, 0.6) is 11.5 Å². The molecular weight excluding hydrogens is 380 g/mol. The number of hydrogen-bond donors (Lipinski definition) is 2. The van der Waals surface area contributed by atoms with Crippen LogP contribution in [0, 0.1) is 0 Å². The van der Waals surface area contributed by atoms with E-state index >= 15 is 0 Å². The average Bonchev–Trinajstić information content (AvgIpc) is 2.52. The van der Waals surface area contributed by atoms with Gasteiger partial charge >= 0.3 is 6.03 Å². The summed E-state index contributed by atoms with van der Waals surface area (Å²) in [6.07, 6.45) is 2.23. The minimum absolute atomic E-state index is 0.167. The van der Waals surface area contributed by atoms with E-state index < -0.39 is 17.8 Å². The molecule has 1 aliphatic rings. The molecule has 1 saturated heterocycles. The maximum Gasteiger partial charge on any atom is 0.328 e. The van der Waals surface area contributed by atoms with Gasteiger partial charge < -0.3 is 9.47 Å². The van der Waals surface area contributed by atoms with Crippen molar-refractivity contribution in [3.63, 3.8) is 0 Å². The van der Waals surface area contributed by atoms with Gasteiger partial charge in [-0.25, -0.2) is 4.79 Å². The molecule has 0 atom stereocenters. The fourth-order valence-corrected chi connectivity index (χ4v) is 2.45. The molecule has 1 heterocycles. The van der Waals surface area contributed by atoms with Crippen LogP contribution in [0.2, 0.25) is 0 Å². The average molecular weight is 397 g/mol. The van der Waals surface area contributed by atoms with Crippen LogP contribution in [0.4, 0.5) is 4.79 Å². The number of ether oxygens (including phenoxy) is 2. The Hall–Kier alpha value is -2.35. The number of urea groups is 1. The number of rotatable bonds is 6. The zero-order valence-corrected chi connectivity index (χ0v) is 14.9. The minimum Gasteiger partial charge on any atom is -0.490 e. The summed E-state index contributed by atoms with van der Waals surface area (Å²) in [4.78, 5) is 34.7. The van der Waals surface area contributed by atoms with Crippen molar-refractivity contribution in [2.24, 2.45) is 0 Å². The molecule has 0 saturated carbocycles. The first-order chi connectivity index (χ1) is 11.5. The highest BCUT2D eigenvalue weighted by molar-refractivity contribution is 9.10. The van der Waals surface area contributed by atoms with Gasteiger partial charge in [0, 0.05) is 4.47 Å². The molecule has 2 N–H and O–H groups in total. The lowest BCUT2D eigenvalue weighted by Crippen LogP contribution is -2.51. The Morgan fingerprint density at radius 3 is 2.25 bits per heavy atom. The van der Waals surface area contributed by atoms with E-state index in [1.54, 1.807) is 12.1 Å². The first-order valence-corrected chi connectivity index (χ1v) is 8.23. The largest absolute Gasteiger partial charge is 0.490 e. The molecule has 0 aromatic heterocycles. The van der Waals surface area contributed by atoms with Gasteiger partial charge in [0.25, 0.3) is 11.8 Å². The van der Waals surface area contributed by atoms with E-state index in [-0.39, 0.29) is 5.57 Å². The fourth-order valence-electron chi connectivity index (χ4n) is 2.02. The third-order valence-electron chi connectivity index (χ3n) is 3.07. The van der Waals surface area contributed by atoms with E-state index in [1.165, 1.54) is 6.08 Å². The summed E-state index contributed by atoms with van der Waals surface area (Å²) in [6, 6.07) is 2.55. The third kappa shape index (κ3) is 4.14. The smallest absolute Gasteiger partial charge is 0.328 e. The molecule has 8 heteroatoms. The molecule has 1 fully saturated rings. The standard InChI is InChI=1S/C16H17BrN2O5/c1-3-5-24-13-8-11(17)9(7-12(13)23-4-2)6-10-14(20)18-16(22)19-15(10)21/h6-8H,3-5H2,1-2H3,(H2,18,19,20,21,22). The number of nitrogens with one attached hydrogen (secondary N) is 2. The number of imide groups is 2. The number of carbonyl (C=O) groups is 3. The summed E-state index contributed by atoms with van der Waals surface area (Å²) < 4.78 is 11.8. The molecule has 4 amide bonds. The van der Waals surface area contributed by atoms with Gasteiger partial charge in [-0.2, -0.15) is 0 Å². The monoisotopic (exact) mass is 396 g/mol. The van der Waals surface area contributed by atoms with Crippen LogP contribution in [0.3, 0.4) is 0 Å². The van der Waals surface area contributed by atoms with Crippen LogP contribution in [-0.2, 0) is 9.59 Å². The van der Waals surface area contributed by atoms with Gasteiger partial charge in [0.1, 0.15) is 5.57 Å². The Kier molecular flexibility index (Phi) is 5.97. The van der Waals surface area contributed by atoms with Crippen molar-refractivity contribution in [2.75, 3.05) is 13.2 Å². The van der Waals surface area contributed by atoms with E-state index in [4.69, 9.17) is 9.47 Å². The Labute approximate surface area is 147 Å². The molecule has 128 valence electrons. The molecule has 7 nitrogen and oxygen atoms in total. The second-order valence-electron chi connectivity index (χ2n) is 4.90. The van der Waals surface area contributed by atoms with Crippen LogP contribution in [-0.4, -0.2) is 31.1 Å². The summed E-state index contributed by atoms with van der Waals surface area (Å²) in [5.41, 5.74) is 0.386. The maximum atomic E-state index is 11.8. The van der Waals surface area contributed by atoms with E-state index in [9.17, 15) is 14.4 Å². The molecule has 24 heavy (non-hydrogen) atoms. The van der Waals surface area contributed by atoms with Crippen molar-refractivity contribution in [1.29, 1.82) is 0 Å². The molecule has 1 aromatic rings. The second kappa shape index (κ2) is 7.96. The Balaban J connectivity index is 2.41. The summed E-state index contributed by atoms with van der Waals surface area (Å²) in [6.45, 7) is 4.82. The molecule has 2 rings (SSSR count). The third-order valence-corrected chi connectivity index (χ3v) is 3.75. The van der Waals surface area contributed by atoms with Gasteiger partial charge in [0.05, 0.1) is 13.2 Å². The van der Waals surface area contributed by atoms with Crippen molar-refractivity contribution in [2.45, 2.75) is 20.3 Å². The lowest BCUT2D eigenvalue weighted by molar-refractivity contribution is -0.123. The van der Waals surface area contributed by atoms with Crippen LogP contribution < -0.4 is 20.1 Å². The van der Waals surface area contributed by atoms with Crippen LogP contribution in [0.15, 0.2) is 22.2 Å². The number of amides is 4. The first kappa shape index (κ1) is 18.0. The normalized spacial score (nSPS) is 14.1. The second-order valence-corrected chi connectivity index (χ2v) is 5.75. The van der Waals surface area contributed by atoms with Crippen molar-refractivity contribution in [3.05, 3.63) is 27.7 Å². The van der Waals surface area contributed by atoms with Gasteiger partial charge in [-0.3, -0.25) is 20.2 Å². The quantitative estimate of drug-likeness (QED) is 0.568. The van der Waals surface area contributed by atoms with Crippen LogP contribution in [0.25, 0.3) is 6.08 Å². The summed E-state index contributed by atoms with van der Waals surface area (Å²) in [5, 5.41) is 4.06. The van der Waals surface area contributed by atoms with Crippen molar-refractivity contribution < 1.29 is 23.9 Å². The predicted molar refractivity (Wildman–Crippen MR) is 90.8 cm³/mol. The zero-order valence-electron chi connectivity index (χ0n) is 13.3. The van der Waals surface area contributed by atoms with Gasteiger partial charge in [0.15, 0.2) is 11.5 Å². The van der Waals surface area contributed by atoms with E-state index in [0.717, 1.165) is 6.42 Å². The number of barbiturate groups is 1. The number of carbonyl (C=O) groups excluding carboxylic acids is 3. The molecular formula is C16H17BrN2O5. The zero-order chi connectivity index (χ0) is 17.7. The Morgan fingerprint density at radius 1 is 1.04 bits per heavy atom. The van der Waals surface area contributed by atoms with E-state index in [2.05, 4.69) is 15.9 Å². The van der Waals surface area contributed by atoms with Gasteiger partial charge in [-0.1, -0.05) is 22.9 Å². The molecule has 1 aromatic carbocycles. The van der Waals surface area contributed by atoms with E-state index in [0.29, 0.717) is 34.7 Å². The Bertz CT molecular complexity index is 693. The Morgan fingerprint density at radius 2 is 1.67 bits per heavy atom. The number of benzene rings is 1. The minimum atomic E-state index is -0.834. The van der Waals surface area contributed by atoms with Crippen LogP contribution >= 0.6 is 15.9 Å². The lowest BCUT2D eigenvalue weighted by Gasteiger charge is -2.16. The van der Waals surface area contributed by atoms with Gasteiger partial charge in [0.2, 0.25) is 0 Å². The highest BCUT2D eigenvalue weighted by Crippen LogP contribution is 2.35.